The SMILES string of the molecule is C=CC(OC=O)N(C)C. The molecule has 0 spiro atoms. The Morgan fingerprint density at radius 2 is 2.22 bits per heavy atom. The first kappa shape index (κ1) is 8.17. The van der Waals surface area contributed by atoms with Crippen LogP contribution in [0.25, 0.3) is 0 Å². The summed E-state index contributed by atoms with van der Waals surface area (Å²) >= 11 is 0. The molecule has 0 amide bonds. The van der Waals surface area contributed by atoms with Gasteiger partial charge in [-0.25, -0.2) is 0 Å². The third kappa shape index (κ3) is 2.87. The molecular formula is C6H11NO2. The van der Waals surface area contributed by atoms with E-state index in [1.54, 1.807) is 25.1 Å². The summed E-state index contributed by atoms with van der Waals surface area (Å²) in [5.74, 6) is 0. The third-order valence-corrected chi connectivity index (χ3v) is 0.906. The molecule has 0 N–H and O–H groups in total. The molecule has 0 rings (SSSR count). The van der Waals surface area contributed by atoms with Gasteiger partial charge in [-0.15, -0.1) is 0 Å². The maximum Gasteiger partial charge on any atom is 0.294 e. The molecule has 0 aromatic heterocycles. The van der Waals surface area contributed by atoms with Gasteiger partial charge in [0, 0.05) is 0 Å². The fraction of sp³-hybridized carbons (Fsp3) is 0.500. The maximum absolute atomic E-state index is 9.78. The largest absolute Gasteiger partial charge is 0.445 e. The van der Waals surface area contributed by atoms with E-state index in [9.17, 15) is 4.79 Å². The molecule has 0 heterocycles. The molecule has 0 aromatic carbocycles. The van der Waals surface area contributed by atoms with Crippen LogP contribution in [0.15, 0.2) is 12.7 Å². The second-order valence-electron chi connectivity index (χ2n) is 1.82. The van der Waals surface area contributed by atoms with Crippen LogP contribution in [-0.4, -0.2) is 31.7 Å². The van der Waals surface area contributed by atoms with Gasteiger partial charge in [0.2, 0.25) is 0 Å². The average molecular weight is 129 g/mol. The lowest BCUT2D eigenvalue weighted by Crippen LogP contribution is -2.27. The molecule has 3 heteroatoms. The van der Waals surface area contributed by atoms with Crippen molar-refractivity contribution in [2.45, 2.75) is 6.23 Å². The summed E-state index contributed by atoms with van der Waals surface area (Å²) in [6, 6.07) is 0. The summed E-state index contributed by atoms with van der Waals surface area (Å²) in [5.41, 5.74) is 0. The van der Waals surface area contributed by atoms with Gasteiger partial charge in [-0.3, -0.25) is 9.69 Å². The van der Waals surface area contributed by atoms with Gasteiger partial charge in [0.15, 0.2) is 6.23 Å². The van der Waals surface area contributed by atoms with Crippen molar-refractivity contribution in [3.63, 3.8) is 0 Å². The molecule has 3 nitrogen and oxygen atoms in total. The van der Waals surface area contributed by atoms with Crippen LogP contribution in [0.5, 0.6) is 0 Å². The van der Waals surface area contributed by atoms with Gasteiger partial charge < -0.3 is 4.74 Å². The van der Waals surface area contributed by atoms with E-state index in [1.165, 1.54) is 0 Å². The van der Waals surface area contributed by atoms with E-state index in [0.717, 1.165) is 0 Å². The predicted molar refractivity (Wildman–Crippen MR) is 34.8 cm³/mol. The van der Waals surface area contributed by atoms with Crippen LogP contribution in [0.2, 0.25) is 0 Å². The van der Waals surface area contributed by atoms with E-state index in [-0.39, 0.29) is 6.23 Å². The van der Waals surface area contributed by atoms with Crippen molar-refractivity contribution in [2.24, 2.45) is 0 Å². The minimum atomic E-state index is -0.303. The van der Waals surface area contributed by atoms with Crippen molar-refractivity contribution in [1.82, 2.24) is 4.90 Å². The van der Waals surface area contributed by atoms with E-state index in [4.69, 9.17) is 0 Å². The van der Waals surface area contributed by atoms with Gasteiger partial charge in [-0.2, -0.15) is 0 Å². The first-order valence-electron chi connectivity index (χ1n) is 2.60. The second kappa shape index (κ2) is 4.09. The Kier molecular flexibility index (Phi) is 3.71. The number of carbonyl (C=O) groups is 1. The molecule has 52 valence electrons. The number of rotatable bonds is 4. The van der Waals surface area contributed by atoms with Crippen LogP contribution in [-0.2, 0) is 9.53 Å². The normalized spacial score (nSPS) is 12.8. The lowest BCUT2D eigenvalue weighted by molar-refractivity contribution is -0.137. The Morgan fingerprint density at radius 1 is 1.67 bits per heavy atom. The lowest BCUT2D eigenvalue weighted by Gasteiger charge is -2.17. The molecule has 0 bridgehead atoms. The fourth-order valence-electron chi connectivity index (χ4n) is 0.445. The summed E-state index contributed by atoms with van der Waals surface area (Å²) in [4.78, 5) is 11.5. The van der Waals surface area contributed by atoms with Gasteiger partial charge in [-0.1, -0.05) is 6.58 Å². The van der Waals surface area contributed by atoms with Gasteiger partial charge in [0.05, 0.1) is 0 Å². The zero-order chi connectivity index (χ0) is 7.28. The monoisotopic (exact) mass is 129 g/mol. The number of nitrogens with zero attached hydrogens (tertiary/aromatic N) is 1. The van der Waals surface area contributed by atoms with E-state index >= 15 is 0 Å². The van der Waals surface area contributed by atoms with E-state index < -0.39 is 0 Å². The minimum Gasteiger partial charge on any atom is -0.445 e. The zero-order valence-electron chi connectivity index (χ0n) is 5.70. The number of likely N-dealkylation sites (N-methyl/N-ethyl adjacent to an activating group) is 1. The summed E-state index contributed by atoms with van der Waals surface area (Å²) in [7, 11) is 3.60. The fourth-order valence-corrected chi connectivity index (χ4v) is 0.445. The summed E-state index contributed by atoms with van der Waals surface area (Å²) < 4.78 is 4.58. The Hall–Kier alpha value is -0.830. The van der Waals surface area contributed by atoms with Crippen molar-refractivity contribution in [1.29, 1.82) is 0 Å². The molecule has 1 atom stereocenters. The highest BCUT2D eigenvalue weighted by atomic mass is 16.5. The van der Waals surface area contributed by atoms with Gasteiger partial charge >= 0.3 is 0 Å². The maximum atomic E-state index is 9.78. The molecule has 0 aliphatic heterocycles. The van der Waals surface area contributed by atoms with Crippen molar-refractivity contribution in [2.75, 3.05) is 14.1 Å². The standard InChI is InChI=1S/C6H11NO2/c1-4-6(7(2)3)9-5-8/h4-6H,1H2,2-3H3. The lowest BCUT2D eigenvalue weighted by atomic mass is 10.5. The molecule has 0 saturated carbocycles. The second-order valence-corrected chi connectivity index (χ2v) is 1.82. The molecule has 0 fully saturated rings. The van der Waals surface area contributed by atoms with Crippen LogP contribution in [0.1, 0.15) is 0 Å². The molecule has 1 unspecified atom stereocenters. The first-order valence-corrected chi connectivity index (χ1v) is 2.60. The molecule has 0 aromatic rings. The highest BCUT2D eigenvalue weighted by molar-refractivity contribution is 5.37. The van der Waals surface area contributed by atoms with E-state index in [0.29, 0.717) is 6.47 Å². The minimum absolute atomic E-state index is 0.303. The summed E-state index contributed by atoms with van der Waals surface area (Å²) in [6.45, 7) is 3.88. The van der Waals surface area contributed by atoms with E-state index in [1.807, 2.05) is 0 Å². The molecular weight excluding hydrogens is 118 g/mol. The van der Waals surface area contributed by atoms with Crippen LogP contribution >= 0.6 is 0 Å². The molecule has 0 aliphatic carbocycles. The Bertz CT molecular complexity index is 101. The number of ether oxygens (including phenoxy) is 1. The molecule has 9 heavy (non-hydrogen) atoms. The summed E-state index contributed by atoms with van der Waals surface area (Å²) in [5, 5.41) is 0. The molecule has 0 saturated heterocycles. The third-order valence-electron chi connectivity index (χ3n) is 0.906. The zero-order valence-corrected chi connectivity index (χ0v) is 5.70. The molecule has 0 radical (unpaired) electrons. The summed E-state index contributed by atoms with van der Waals surface area (Å²) in [6.07, 6.45) is 1.25. The van der Waals surface area contributed by atoms with Gasteiger partial charge in [0.1, 0.15) is 0 Å². The molecule has 0 aliphatic rings. The van der Waals surface area contributed by atoms with Crippen molar-refractivity contribution >= 4 is 6.47 Å². The number of hydrogen-bond donors (Lipinski definition) is 0. The van der Waals surface area contributed by atoms with Crippen LogP contribution in [0, 0.1) is 0 Å². The Labute approximate surface area is 54.9 Å². The smallest absolute Gasteiger partial charge is 0.294 e. The first-order chi connectivity index (χ1) is 4.22. The van der Waals surface area contributed by atoms with Crippen molar-refractivity contribution < 1.29 is 9.53 Å². The highest BCUT2D eigenvalue weighted by Gasteiger charge is 2.03. The van der Waals surface area contributed by atoms with Crippen LogP contribution in [0.3, 0.4) is 0 Å². The Morgan fingerprint density at radius 3 is 2.33 bits per heavy atom. The van der Waals surface area contributed by atoms with Gasteiger partial charge in [0.25, 0.3) is 6.47 Å². The van der Waals surface area contributed by atoms with Crippen LogP contribution < -0.4 is 0 Å². The highest BCUT2D eigenvalue weighted by Crippen LogP contribution is 1.92. The van der Waals surface area contributed by atoms with Crippen molar-refractivity contribution in [3.8, 4) is 0 Å². The Balaban J connectivity index is 3.66. The van der Waals surface area contributed by atoms with E-state index in [2.05, 4.69) is 11.3 Å². The van der Waals surface area contributed by atoms with Crippen LogP contribution in [0.4, 0.5) is 0 Å². The number of hydrogen-bond acceptors (Lipinski definition) is 3. The topological polar surface area (TPSA) is 29.5 Å². The quantitative estimate of drug-likeness (QED) is 0.309. The van der Waals surface area contributed by atoms with Crippen molar-refractivity contribution in [3.05, 3.63) is 12.7 Å². The average Bonchev–Trinajstić information content (AvgIpc) is 1.82. The van der Waals surface area contributed by atoms with Gasteiger partial charge in [-0.05, 0) is 20.2 Å². The number of carbonyl (C=O) groups excluding carboxylic acids is 1. The predicted octanol–water partition coefficient (Wildman–Crippen LogP) is 0.233.